The Bertz CT molecular complexity index is 453. The van der Waals surface area contributed by atoms with Crippen LogP contribution in [0, 0.1) is 5.92 Å². The number of hydrogen-bond acceptors (Lipinski definition) is 3. The molecule has 2 rings (SSSR count). The predicted molar refractivity (Wildman–Crippen MR) is 87.8 cm³/mol. The minimum atomic E-state index is 0.0273. The molecular weight excluding hydrogens is 262 g/mol. The average molecular weight is 289 g/mol. The SMILES string of the molecule is CCNc1ccccc1C(=O)NCCC1CCN(C)CC1. The van der Waals surface area contributed by atoms with Crippen LogP contribution < -0.4 is 10.6 Å². The second-order valence-corrected chi connectivity index (χ2v) is 5.87. The molecule has 2 N–H and O–H groups in total. The van der Waals surface area contributed by atoms with E-state index >= 15 is 0 Å². The van der Waals surface area contributed by atoms with E-state index in [2.05, 4.69) is 22.6 Å². The second kappa shape index (κ2) is 8.03. The molecular formula is C17H27N3O. The third-order valence-electron chi connectivity index (χ3n) is 4.22. The van der Waals surface area contributed by atoms with Crippen LogP contribution in [-0.2, 0) is 0 Å². The lowest BCUT2D eigenvalue weighted by atomic mass is 9.94. The zero-order chi connectivity index (χ0) is 15.1. The van der Waals surface area contributed by atoms with Crippen molar-refractivity contribution in [2.45, 2.75) is 26.2 Å². The van der Waals surface area contributed by atoms with Crippen LogP contribution in [0.2, 0.25) is 0 Å². The van der Waals surface area contributed by atoms with E-state index in [-0.39, 0.29) is 5.91 Å². The lowest BCUT2D eigenvalue weighted by Gasteiger charge is -2.28. The van der Waals surface area contributed by atoms with Crippen LogP contribution in [-0.4, -0.2) is 44.0 Å². The van der Waals surface area contributed by atoms with E-state index < -0.39 is 0 Å². The second-order valence-electron chi connectivity index (χ2n) is 5.87. The molecule has 1 aromatic carbocycles. The molecule has 0 atom stereocenters. The molecule has 0 aromatic heterocycles. The van der Waals surface area contributed by atoms with Gasteiger partial charge in [-0.25, -0.2) is 0 Å². The summed E-state index contributed by atoms with van der Waals surface area (Å²) in [6.45, 7) is 5.99. The van der Waals surface area contributed by atoms with Gasteiger partial charge in [0.05, 0.1) is 5.56 Å². The largest absolute Gasteiger partial charge is 0.385 e. The first kappa shape index (κ1) is 15.8. The van der Waals surface area contributed by atoms with Crippen molar-refractivity contribution in [1.29, 1.82) is 0 Å². The van der Waals surface area contributed by atoms with Crippen LogP contribution in [0.3, 0.4) is 0 Å². The lowest BCUT2D eigenvalue weighted by Crippen LogP contribution is -2.32. The van der Waals surface area contributed by atoms with E-state index in [1.165, 1.54) is 25.9 Å². The number of rotatable bonds is 6. The Morgan fingerprint density at radius 2 is 2.00 bits per heavy atom. The lowest BCUT2D eigenvalue weighted by molar-refractivity contribution is 0.0949. The van der Waals surface area contributed by atoms with Gasteiger partial charge in [-0.3, -0.25) is 4.79 Å². The Balaban J connectivity index is 1.79. The maximum Gasteiger partial charge on any atom is 0.253 e. The van der Waals surface area contributed by atoms with Crippen LogP contribution in [0.25, 0.3) is 0 Å². The van der Waals surface area contributed by atoms with E-state index in [1.807, 2.05) is 31.2 Å². The van der Waals surface area contributed by atoms with Crippen molar-refractivity contribution in [3.63, 3.8) is 0 Å². The smallest absolute Gasteiger partial charge is 0.253 e. The number of carbonyl (C=O) groups is 1. The number of piperidine rings is 1. The number of hydrogen-bond donors (Lipinski definition) is 2. The summed E-state index contributed by atoms with van der Waals surface area (Å²) in [5.41, 5.74) is 1.65. The summed E-state index contributed by atoms with van der Waals surface area (Å²) in [6, 6.07) is 7.69. The van der Waals surface area contributed by atoms with Gasteiger partial charge in [-0.15, -0.1) is 0 Å². The molecule has 4 nitrogen and oxygen atoms in total. The molecule has 1 aromatic rings. The topological polar surface area (TPSA) is 44.4 Å². The molecule has 1 aliphatic heterocycles. The van der Waals surface area contributed by atoms with Gasteiger partial charge in [-0.05, 0) is 64.4 Å². The number of amides is 1. The predicted octanol–water partition coefficient (Wildman–Crippen LogP) is 2.58. The van der Waals surface area contributed by atoms with E-state index in [0.717, 1.165) is 36.7 Å². The first-order valence-corrected chi connectivity index (χ1v) is 8.00. The molecule has 1 amide bonds. The van der Waals surface area contributed by atoms with Gasteiger partial charge in [0.15, 0.2) is 0 Å². The number of benzene rings is 1. The third kappa shape index (κ3) is 4.74. The van der Waals surface area contributed by atoms with Crippen molar-refractivity contribution in [1.82, 2.24) is 10.2 Å². The van der Waals surface area contributed by atoms with Crippen molar-refractivity contribution >= 4 is 11.6 Å². The first-order chi connectivity index (χ1) is 10.2. The molecule has 0 spiro atoms. The Morgan fingerprint density at radius 1 is 1.29 bits per heavy atom. The number of para-hydroxylation sites is 1. The molecule has 4 heteroatoms. The van der Waals surface area contributed by atoms with Crippen molar-refractivity contribution in [3.05, 3.63) is 29.8 Å². The fraction of sp³-hybridized carbons (Fsp3) is 0.588. The molecule has 116 valence electrons. The van der Waals surface area contributed by atoms with Crippen LogP contribution in [0.15, 0.2) is 24.3 Å². The molecule has 21 heavy (non-hydrogen) atoms. The molecule has 1 aliphatic rings. The molecule has 1 saturated heterocycles. The number of likely N-dealkylation sites (tertiary alicyclic amines) is 1. The Morgan fingerprint density at radius 3 is 2.71 bits per heavy atom. The molecule has 0 unspecified atom stereocenters. The number of carbonyl (C=O) groups excluding carboxylic acids is 1. The summed E-state index contributed by atoms with van der Waals surface area (Å²) in [7, 11) is 2.18. The Kier molecular flexibility index (Phi) is 6.05. The fourth-order valence-electron chi connectivity index (χ4n) is 2.86. The van der Waals surface area contributed by atoms with Gasteiger partial charge in [0.2, 0.25) is 0 Å². The zero-order valence-corrected chi connectivity index (χ0v) is 13.2. The van der Waals surface area contributed by atoms with Crippen molar-refractivity contribution in [2.24, 2.45) is 5.92 Å². The Labute approximate surface area is 127 Å². The summed E-state index contributed by atoms with van der Waals surface area (Å²) in [5.74, 6) is 0.782. The highest BCUT2D eigenvalue weighted by Gasteiger charge is 2.17. The molecule has 1 heterocycles. The van der Waals surface area contributed by atoms with Crippen LogP contribution in [0.1, 0.15) is 36.5 Å². The quantitative estimate of drug-likeness (QED) is 0.846. The highest BCUT2D eigenvalue weighted by molar-refractivity contribution is 5.99. The first-order valence-electron chi connectivity index (χ1n) is 8.00. The highest BCUT2D eigenvalue weighted by atomic mass is 16.1. The monoisotopic (exact) mass is 289 g/mol. The van der Waals surface area contributed by atoms with Crippen molar-refractivity contribution < 1.29 is 4.79 Å². The highest BCUT2D eigenvalue weighted by Crippen LogP contribution is 2.19. The van der Waals surface area contributed by atoms with Crippen LogP contribution in [0.5, 0.6) is 0 Å². The van der Waals surface area contributed by atoms with E-state index in [4.69, 9.17) is 0 Å². The molecule has 0 radical (unpaired) electrons. The minimum Gasteiger partial charge on any atom is -0.385 e. The summed E-state index contributed by atoms with van der Waals surface area (Å²) in [5, 5.41) is 6.30. The zero-order valence-electron chi connectivity index (χ0n) is 13.2. The number of anilines is 1. The minimum absolute atomic E-state index is 0.0273. The van der Waals surface area contributed by atoms with Crippen LogP contribution >= 0.6 is 0 Å². The number of nitrogens with zero attached hydrogens (tertiary/aromatic N) is 1. The molecule has 0 saturated carbocycles. The number of nitrogens with one attached hydrogen (secondary N) is 2. The summed E-state index contributed by atoms with van der Waals surface area (Å²) in [6.07, 6.45) is 3.59. The third-order valence-corrected chi connectivity index (χ3v) is 4.22. The van der Waals surface area contributed by atoms with Gasteiger partial charge < -0.3 is 15.5 Å². The molecule has 0 aliphatic carbocycles. The summed E-state index contributed by atoms with van der Waals surface area (Å²) in [4.78, 5) is 14.7. The molecule has 1 fully saturated rings. The standard InChI is InChI=1S/C17H27N3O/c1-3-18-16-7-5-4-6-15(16)17(21)19-11-8-14-9-12-20(2)13-10-14/h4-7,14,18H,3,8-13H2,1-2H3,(H,19,21). The average Bonchev–Trinajstić information content (AvgIpc) is 2.50. The summed E-state index contributed by atoms with van der Waals surface area (Å²) < 4.78 is 0. The van der Waals surface area contributed by atoms with Gasteiger partial charge in [-0.2, -0.15) is 0 Å². The Hall–Kier alpha value is -1.55. The van der Waals surface area contributed by atoms with E-state index in [0.29, 0.717) is 0 Å². The van der Waals surface area contributed by atoms with E-state index in [1.54, 1.807) is 0 Å². The summed E-state index contributed by atoms with van der Waals surface area (Å²) >= 11 is 0. The maximum atomic E-state index is 12.3. The van der Waals surface area contributed by atoms with E-state index in [9.17, 15) is 4.79 Å². The normalized spacial score (nSPS) is 16.7. The van der Waals surface area contributed by atoms with Gasteiger partial charge in [0.25, 0.3) is 5.91 Å². The van der Waals surface area contributed by atoms with Crippen LogP contribution in [0.4, 0.5) is 5.69 Å². The maximum absolute atomic E-state index is 12.3. The van der Waals surface area contributed by atoms with Gasteiger partial charge in [-0.1, -0.05) is 12.1 Å². The van der Waals surface area contributed by atoms with Gasteiger partial charge in [0.1, 0.15) is 0 Å². The fourth-order valence-corrected chi connectivity index (χ4v) is 2.86. The van der Waals surface area contributed by atoms with Gasteiger partial charge >= 0.3 is 0 Å². The van der Waals surface area contributed by atoms with Crippen molar-refractivity contribution in [3.8, 4) is 0 Å². The van der Waals surface area contributed by atoms with Crippen molar-refractivity contribution in [2.75, 3.05) is 38.5 Å². The molecule has 0 bridgehead atoms. The van der Waals surface area contributed by atoms with Gasteiger partial charge in [0, 0.05) is 18.8 Å².